The quantitative estimate of drug-likeness (QED) is 0.479. The number of halogens is 2. The van der Waals surface area contributed by atoms with Crippen molar-refractivity contribution in [2.75, 3.05) is 12.4 Å². The second kappa shape index (κ2) is 7.47. The number of anilines is 2. The first-order valence-corrected chi connectivity index (χ1v) is 9.05. The van der Waals surface area contributed by atoms with Gasteiger partial charge in [0.25, 0.3) is 0 Å². The third-order valence-corrected chi connectivity index (χ3v) is 4.57. The van der Waals surface area contributed by atoms with Gasteiger partial charge in [-0.3, -0.25) is 0 Å². The average Bonchev–Trinajstić information content (AvgIpc) is 2.99. The normalized spacial score (nSPS) is 10.9. The summed E-state index contributed by atoms with van der Waals surface area (Å²) in [6.45, 7) is 0.576. The maximum Gasteiger partial charge on any atom is 0.162 e. The Morgan fingerprint density at radius 2 is 1.85 bits per heavy atom. The number of nitrogens with zero attached hydrogens (tertiary/aromatic N) is 3. The van der Waals surface area contributed by atoms with Gasteiger partial charge in [-0.2, -0.15) is 5.10 Å². The lowest BCUT2D eigenvalue weighted by Crippen LogP contribution is -2.03. The Morgan fingerprint density at radius 3 is 2.59 bits per heavy atom. The van der Waals surface area contributed by atoms with E-state index in [1.165, 1.54) is 0 Å². The van der Waals surface area contributed by atoms with Gasteiger partial charge in [0.2, 0.25) is 0 Å². The Morgan fingerprint density at radius 1 is 1.04 bits per heavy atom. The van der Waals surface area contributed by atoms with Crippen LogP contribution < -0.4 is 10.1 Å². The van der Waals surface area contributed by atoms with Crippen molar-refractivity contribution in [2.24, 2.45) is 0 Å². The fourth-order valence-corrected chi connectivity index (χ4v) is 3.19. The molecule has 0 radical (unpaired) electrons. The first-order valence-electron chi connectivity index (χ1n) is 8.30. The molecular weight excluding hydrogens is 383 g/mol. The Labute approximate surface area is 166 Å². The van der Waals surface area contributed by atoms with E-state index >= 15 is 0 Å². The van der Waals surface area contributed by atoms with Crippen molar-refractivity contribution < 1.29 is 4.74 Å². The van der Waals surface area contributed by atoms with Crippen molar-refractivity contribution in [2.45, 2.75) is 6.54 Å². The van der Waals surface area contributed by atoms with Crippen molar-refractivity contribution in [1.29, 1.82) is 0 Å². The van der Waals surface area contributed by atoms with Crippen LogP contribution >= 0.6 is 23.2 Å². The molecule has 4 aromatic rings. The number of fused-ring (bicyclic) bond motifs is 1. The summed E-state index contributed by atoms with van der Waals surface area (Å²) < 4.78 is 7.06. The first-order chi connectivity index (χ1) is 13.1. The molecule has 0 saturated carbocycles. The van der Waals surface area contributed by atoms with Crippen LogP contribution in [0, 0.1) is 0 Å². The first kappa shape index (κ1) is 17.6. The minimum absolute atomic E-state index is 0.556. The number of pyridine rings is 1. The highest BCUT2D eigenvalue weighted by atomic mass is 35.5. The lowest BCUT2D eigenvalue weighted by molar-refractivity contribution is 0.414. The smallest absolute Gasteiger partial charge is 0.162 e. The predicted octanol–water partition coefficient (Wildman–Crippen LogP) is 5.54. The summed E-state index contributed by atoms with van der Waals surface area (Å²) in [5, 5.41) is 10.1. The fourth-order valence-electron chi connectivity index (χ4n) is 2.84. The monoisotopic (exact) mass is 398 g/mol. The van der Waals surface area contributed by atoms with E-state index in [9.17, 15) is 0 Å². The van der Waals surface area contributed by atoms with Gasteiger partial charge in [0.15, 0.2) is 11.5 Å². The van der Waals surface area contributed by atoms with Crippen LogP contribution in [-0.4, -0.2) is 21.9 Å². The van der Waals surface area contributed by atoms with Gasteiger partial charge in [-0.25, -0.2) is 9.67 Å². The van der Waals surface area contributed by atoms with Gasteiger partial charge in [0.1, 0.15) is 5.75 Å². The van der Waals surface area contributed by atoms with Crippen LogP contribution in [0.5, 0.6) is 5.75 Å². The van der Waals surface area contributed by atoms with E-state index < -0.39 is 0 Å². The second-order valence-corrected chi connectivity index (χ2v) is 6.89. The van der Waals surface area contributed by atoms with Gasteiger partial charge in [-0.1, -0.05) is 41.4 Å². The maximum absolute atomic E-state index is 6.16. The van der Waals surface area contributed by atoms with Crippen LogP contribution in [0.25, 0.3) is 11.0 Å². The van der Waals surface area contributed by atoms with E-state index in [4.69, 9.17) is 33.0 Å². The topological polar surface area (TPSA) is 52.0 Å². The summed E-state index contributed by atoms with van der Waals surface area (Å²) >= 11 is 12.2. The molecule has 0 aliphatic heterocycles. The van der Waals surface area contributed by atoms with Gasteiger partial charge >= 0.3 is 0 Å². The van der Waals surface area contributed by atoms with Crippen molar-refractivity contribution in [1.82, 2.24) is 14.8 Å². The molecule has 0 atom stereocenters. The molecule has 1 N–H and O–H groups in total. The third kappa shape index (κ3) is 3.84. The number of methoxy groups -OCH3 is 1. The number of ether oxygens (including phenoxy) is 1. The summed E-state index contributed by atoms with van der Waals surface area (Å²) in [6.07, 6.45) is 1.62. The number of hydrogen-bond acceptors (Lipinski definition) is 4. The highest BCUT2D eigenvalue weighted by Gasteiger charge is 2.13. The fraction of sp³-hybridized carbons (Fsp3) is 0.100. The van der Waals surface area contributed by atoms with Gasteiger partial charge in [-0.15, -0.1) is 0 Å². The minimum atomic E-state index is 0.556. The largest absolute Gasteiger partial charge is 0.497 e. The summed E-state index contributed by atoms with van der Waals surface area (Å²) in [4.78, 5) is 4.47. The number of benzene rings is 2. The molecule has 7 heteroatoms. The molecule has 0 fully saturated rings. The maximum atomic E-state index is 6.16. The highest BCUT2D eigenvalue weighted by molar-refractivity contribution is 6.31. The molecule has 0 aliphatic carbocycles. The Hall–Kier alpha value is -2.76. The van der Waals surface area contributed by atoms with Crippen molar-refractivity contribution in [3.63, 3.8) is 0 Å². The van der Waals surface area contributed by atoms with Gasteiger partial charge < -0.3 is 10.1 Å². The summed E-state index contributed by atoms with van der Waals surface area (Å²) in [6, 6.07) is 17.2. The molecule has 0 bridgehead atoms. The molecule has 0 aliphatic rings. The van der Waals surface area contributed by atoms with Crippen LogP contribution in [0.2, 0.25) is 10.0 Å². The summed E-state index contributed by atoms with van der Waals surface area (Å²) in [7, 11) is 1.65. The zero-order chi connectivity index (χ0) is 18.8. The Bertz CT molecular complexity index is 1090. The molecule has 0 spiro atoms. The van der Waals surface area contributed by atoms with Crippen LogP contribution in [0.15, 0.2) is 60.8 Å². The van der Waals surface area contributed by atoms with E-state index in [0.717, 1.165) is 28.0 Å². The SMILES string of the molecule is COc1ccc(Cn2nc(Nc3cccc(Cl)c3)c3cc(Cl)cnc32)cc1. The van der Waals surface area contributed by atoms with Crippen molar-refractivity contribution in [3.05, 3.63) is 76.4 Å². The molecule has 0 saturated heterocycles. The second-order valence-electron chi connectivity index (χ2n) is 6.01. The van der Waals surface area contributed by atoms with Gasteiger partial charge in [-0.05, 0) is 42.0 Å². The van der Waals surface area contributed by atoms with E-state index in [-0.39, 0.29) is 0 Å². The number of rotatable bonds is 5. The number of aromatic nitrogens is 3. The zero-order valence-electron chi connectivity index (χ0n) is 14.5. The van der Waals surface area contributed by atoms with Crippen LogP contribution in [0.4, 0.5) is 11.5 Å². The van der Waals surface area contributed by atoms with Crippen LogP contribution in [0.3, 0.4) is 0 Å². The summed E-state index contributed by atoms with van der Waals surface area (Å²) in [5.74, 6) is 1.49. The standard InChI is InChI=1S/C20H16Cl2N4O/c1-27-17-7-5-13(6-8-17)12-26-20-18(10-15(22)11-23-20)19(25-26)24-16-4-2-3-14(21)9-16/h2-11H,12H2,1H3,(H,24,25). The Balaban J connectivity index is 1.72. The molecule has 136 valence electrons. The molecular formula is C20H16Cl2N4O. The molecule has 4 rings (SSSR count). The molecule has 27 heavy (non-hydrogen) atoms. The lowest BCUT2D eigenvalue weighted by atomic mass is 10.2. The van der Waals surface area contributed by atoms with Crippen LogP contribution in [0.1, 0.15) is 5.56 Å². The summed E-state index contributed by atoms with van der Waals surface area (Å²) in [5.41, 5.74) is 2.68. The zero-order valence-corrected chi connectivity index (χ0v) is 16.0. The van der Waals surface area contributed by atoms with Crippen molar-refractivity contribution >= 4 is 45.7 Å². The molecule has 2 aromatic heterocycles. The lowest BCUT2D eigenvalue weighted by Gasteiger charge is -2.05. The number of hydrogen-bond donors (Lipinski definition) is 1. The molecule has 2 aromatic carbocycles. The van der Waals surface area contributed by atoms with E-state index in [2.05, 4.69) is 10.3 Å². The highest BCUT2D eigenvalue weighted by Crippen LogP contribution is 2.28. The third-order valence-electron chi connectivity index (χ3n) is 4.13. The van der Waals surface area contributed by atoms with E-state index in [1.807, 2.05) is 59.3 Å². The van der Waals surface area contributed by atoms with Gasteiger partial charge in [0.05, 0.1) is 24.1 Å². The van der Waals surface area contributed by atoms with Crippen molar-refractivity contribution in [3.8, 4) is 5.75 Å². The molecule has 5 nitrogen and oxygen atoms in total. The molecule has 0 unspecified atom stereocenters. The average molecular weight is 399 g/mol. The van der Waals surface area contributed by atoms with Gasteiger partial charge in [0, 0.05) is 16.9 Å². The van der Waals surface area contributed by atoms with E-state index in [1.54, 1.807) is 13.3 Å². The number of nitrogens with one attached hydrogen (secondary N) is 1. The minimum Gasteiger partial charge on any atom is -0.497 e. The van der Waals surface area contributed by atoms with E-state index in [0.29, 0.717) is 22.4 Å². The van der Waals surface area contributed by atoms with Crippen LogP contribution in [-0.2, 0) is 6.54 Å². The molecule has 0 amide bonds. The molecule has 2 heterocycles. The predicted molar refractivity (Wildman–Crippen MR) is 109 cm³/mol. The Kier molecular flexibility index (Phi) is 4.88.